The van der Waals surface area contributed by atoms with Crippen molar-refractivity contribution in [3.8, 4) is 5.69 Å². The number of amides is 1. The van der Waals surface area contributed by atoms with Crippen LogP contribution in [-0.2, 0) is 12.8 Å². The van der Waals surface area contributed by atoms with Crippen molar-refractivity contribution in [1.29, 1.82) is 0 Å². The van der Waals surface area contributed by atoms with Gasteiger partial charge in [-0.05, 0) is 44.7 Å². The number of carbonyl (C=O) groups is 1. The van der Waals surface area contributed by atoms with Gasteiger partial charge in [-0.2, -0.15) is 5.10 Å². The van der Waals surface area contributed by atoms with Crippen molar-refractivity contribution in [3.63, 3.8) is 0 Å². The third-order valence-corrected chi connectivity index (χ3v) is 4.45. The Morgan fingerprint density at radius 3 is 2.42 bits per heavy atom. The smallest absolute Gasteiger partial charge is 0.255 e. The summed E-state index contributed by atoms with van der Waals surface area (Å²) in [7, 11) is 0. The highest BCUT2D eigenvalue weighted by Crippen LogP contribution is 2.25. The molecule has 24 heavy (non-hydrogen) atoms. The summed E-state index contributed by atoms with van der Waals surface area (Å²) >= 11 is 0. The molecule has 1 heterocycles. The molecule has 0 aliphatic heterocycles. The minimum Gasteiger partial charge on any atom is -0.349 e. The molecule has 128 valence electrons. The highest BCUT2D eigenvalue weighted by atomic mass is 16.1. The van der Waals surface area contributed by atoms with Gasteiger partial charge in [0.1, 0.15) is 0 Å². The third kappa shape index (κ3) is 3.53. The second-order valence-corrected chi connectivity index (χ2v) is 6.76. The zero-order valence-corrected chi connectivity index (χ0v) is 14.9. The Bertz CT molecular complexity index is 711. The van der Waals surface area contributed by atoms with Gasteiger partial charge in [0.2, 0.25) is 0 Å². The molecule has 1 N–H and O–H groups in total. The van der Waals surface area contributed by atoms with Crippen LogP contribution >= 0.6 is 0 Å². The van der Waals surface area contributed by atoms with E-state index in [2.05, 4.69) is 50.4 Å². The first kappa shape index (κ1) is 16.7. The van der Waals surface area contributed by atoms with Crippen molar-refractivity contribution < 1.29 is 4.79 Å². The lowest BCUT2D eigenvalue weighted by Crippen LogP contribution is -2.27. The molecule has 1 aromatic carbocycles. The van der Waals surface area contributed by atoms with Crippen LogP contribution in [0.5, 0.6) is 0 Å². The number of nitrogens with one attached hydrogen (secondary N) is 1. The standard InChI is InChI=1S/C20H27N3O/c1-4-6-17-19(20(24)21-15-10-11-15)18(7-5-2)23(22-17)16-12-8-14(3)9-13-16/h8-9,12-13,15H,4-7,10-11H2,1-3H3,(H,21,24). The van der Waals surface area contributed by atoms with Crippen LogP contribution in [0.15, 0.2) is 24.3 Å². The average molecular weight is 325 g/mol. The molecule has 4 heteroatoms. The molecule has 1 amide bonds. The first-order valence-corrected chi connectivity index (χ1v) is 9.12. The van der Waals surface area contributed by atoms with Crippen molar-refractivity contribution >= 4 is 5.91 Å². The van der Waals surface area contributed by atoms with Crippen molar-refractivity contribution in [2.24, 2.45) is 0 Å². The Labute approximate surface area is 144 Å². The number of rotatable bonds is 7. The molecule has 0 unspecified atom stereocenters. The van der Waals surface area contributed by atoms with Gasteiger partial charge in [-0.15, -0.1) is 0 Å². The van der Waals surface area contributed by atoms with Crippen molar-refractivity contribution in [1.82, 2.24) is 15.1 Å². The van der Waals surface area contributed by atoms with Gasteiger partial charge in [0.05, 0.1) is 22.6 Å². The van der Waals surface area contributed by atoms with Crippen LogP contribution < -0.4 is 5.32 Å². The first-order chi connectivity index (χ1) is 11.6. The van der Waals surface area contributed by atoms with Crippen LogP contribution in [0.4, 0.5) is 0 Å². The van der Waals surface area contributed by atoms with Gasteiger partial charge in [0.15, 0.2) is 0 Å². The number of nitrogens with zero attached hydrogens (tertiary/aromatic N) is 2. The summed E-state index contributed by atoms with van der Waals surface area (Å²) in [5.41, 5.74) is 5.05. The van der Waals surface area contributed by atoms with Gasteiger partial charge in [-0.3, -0.25) is 4.79 Å². The number of aryl methyl sites for hydroxylation is 2. The molecule has 1 aromatic heterocycles. The van der Waals surface area contributed by atoms with Gasteiger partial charge >= 0.3 is 0 Å². The van der Waals surface area contributed by atoms with E-state index in [-0.39, 0.29) is 5.91 Å². The van der Waals surface area contributed by atoms with E-state index in [1.165, 1.54) is 5.56 Å². The lowest BCUT2D eigenvalue weighted by Gasteiger charge is -2.10. The van der Waals surface area contributed by atoms with E-state index in [9.17, 15) is 4.79 Å². The second kappa shape index (κ2) is 7.20. The highest BCUT2D eigenvalue weighted by Gasteiger charge is 2.28. The van der Waals surface area contributed by atoms with Crippen molar-refractivity contribution in [2.75, 3.05) is 0 Å². The van der Waals surface area contributed by atoms with E-state index in [0.717, 1.165) is 61.2 Å². The lowest BCUT2D eigenvalue weighted by atomic mass is 10.1. The summed E-state index contributed by atoms with van der Waals surface area (Å²) in [5.74, 6) is 0.0581. The predicted molar refractivity (Wildman–Crippen MR) is 96.8 cm³/mol. The number of aromatic nitrogens is 2. The molecule has 2 aromatic rings. The van der Waals surface area contributed by atoms with E-state index < -0.39 is 0 Å². The molecule has 3 rings (SSSR count). The maximum Gasteiger partial charge on any atom is 0.255 e. The Kier molecular flexibility index (Phi) is 5.03. The molecule has 0 atom stereocenters. The van der Waals surface area contributed by atoms with Gasteiger partial charge in [-0.1, -0.05) is 44.4 Å². The molecule has 0 saturated heterocycles. The monoisotopic (exact) mass is 325 g/mol. The zero-order chi connectivity index (χ0) is 17.1. The van der Waals surface area contributed by atoms with Crippen molar-refractivity contribution in [3.05, 3.63) is 46.8 Å². The highest BCUT2D eigenvalue weighted by molar-refractivity contribution is 5.97. The lowest BCUT2D eigenvalue weighted by molar-refractivity contribution is 0.0949. The Balaban J connectivity index is 2.06. The average Bonchev–Trinajstić information content (AvgIpc) is 3.30. The van der Waals surface area contributed by atoms with E-state index in [4.69, 9.17) is 5.10 Å². The fraction of sp³-hybridized carbons (Fsp3) is 0.500. The Hall–Kier alpha value is -2.10. The van der Waals surface area contributed by atoms with E-state index in [1.54, 1.807) is 0 Å². The zero-order valence-electron chi connectivity index (χ0n) is 14.9. The van der Waals surface area contributed by atoms with Gasteiger partial charge in [-0.25, -0.2) is 4.68 Å². The number of benzene rings is 1. The van der Waals surface area contributed by atoms with Gasteiger partial charge < -0.3 is 5.32 Å². The first-order valence-electron chi connectivity index (χ1n) is 9.12. The summed E-state index contributed by atoms with van der Waals surface area (Å²) in [6.45, 7) is 6.36. The number of carbonyl (C=O) groups excluding carboxylic acids is 1. The number of hydrogen-bond donors (Lipinski definition) is 1. The summed E-state index contributed by atoms with van der Waals surface area (Å²) in [6.07, 6.45) is 5.88. The van der Waals surface area contributed by atoms with E-state index >= 15 is 0 Å². The SMILES string of the molecule is CCCc1nn(-c2ccc(C)cc2)c(CCC)c1C(=O)NC1CC1. The van der Waals surface area contributed by atoms with Crippen LogP contribution in [0.3, 0.4) is 0 Å². The molecule has 0 radical (unpaired) electrons. The summed E-state index contributed by atoms with van der Waals surface area (Å²) in [4.78, 5) is 12.8. The second-order valence-electron chi connectivity index (χ2n) is 6.76. The van der Waals surface area contributed by atoms with Gasteiger partial charge in [0.25, 0.3) is 5.91 Å². The predicted octanol–water partition coefficient (Wildman–Crippen LogP) is 3.98. The molecule has 0 spiro atoms. The number of hydrogen-bond acceptors (Lipinski definition) is 2. The topological polar surface area (TPSA) is 46.9 Å². The molecule has 1 aliphatic rings. The molecular formula is C20H27N3O. The maximum atomic E-state index is 12.8. The molecule has 1 saturated carbocycles. The normalized spacial score (nSPS) is 14.0. The fourth-order valence-electron chi connectivity index (χ4n) is 3.03. The minimum absolute atomic E-state index is 0.0581. The van der Waals surface area contributed by atoms with Crippen molar-refractivity contribution in [2.45, 2.75) is 65.3 Å². The van der Waals surface area contributed by atoms with Gasteiger partial charge in [0, 0.05) is 6.04 Å². The fourth-order valence-corrected chi connectivity index (χ4v) is 3.03. The summed E-state index contributed by atoms with van der Waals surface area (Å²) in [6, 6.07) is 8.72. The van der Waals surface area contributed by atoms with Crippen LogP contribution in [0.2, 0.25) is 0 Å². The molecule has 1 fully saturated rings. The quantitative estimate of drug-likeness (QED) is 0.837. The van der Waals surface area contributed by atoms with Crippen LogP contribution in [0.25, 0.3) is 5.69 Å². The third-order valence-electron chi connectivity index (χ3n) is 4.45. The molecule has 0 bridgehead atoms. The van der Waals surface area contributed by atoms with E-state index in [0.29, 0.717) is 6.04 Å². The molecule has 4 nitrogen and oxygen atoms in total. The van der Waals surface area contributed by atoms with E-state index in [1.807, 2.05) is 4.68 Å². The van der Waals surface area contributed by atoms with Crippen LogP contribution in [-0.4, -0.2) is 21.7 Å². The molecule has 1 aliphatic carbocycles. The largest absolute Gasteiger partial charge is 0.349 e. The minimum atomic E-state index is 0.0581. The summed E-state index contributed by atoms with van der Waals surface area (Å²) < 4.78 is 1.98. The van der Waals surface area contributed by atoms with Crippen LogP contribution in [0.1, 0.15) is 66.8 Å². The Morgan fingerprint density at radius 1 is 1.17 bits per heavy atom. The maximum absolute atomic E-state index is 12.8. The summed E-state index contributed by atoms with van der Waals surface area (Å²) in [5, 5.41) is 7.97. The van der Waals surface area contributed by atoms with Crippen LogP contribution in [0, 0.1) is 6.92 Å². The molecular weight excluding hydrogens is 298 g/mol. The Morgan fingerprint density at radius 2 is 1.83 bits per heavy atom.